The molecule has 0 saturated carbocycles. The minimum Gasteiger partial charge on any atom is -0.495 e. The van der Waals surface area contributed by atoms with E-state index in [2.05, 4.69) is 5.32 Å². The molecule has 0 heterocycles. The third-order valence-corrected chi connectivity index (χ3v) is 3.44. The first kappa shape index (κ1) is 14.0. The average Bonchev–Trinajstić information content (AvgIpc) is 2.40. The molecule has 2 nitrogen and oxygen atoms in total. The van der Waals surface area contributed by atoms with E-state index in [1.807, 2.05) is 31.2 Å². The summed E-state index contributed by atoms with van der Waals surface area (Å²) in [6.07, 6.45) is 0. The Morgan fingerprint density at radius 2 is 1.89 bits per heavy atom. The average molecular weight is 296 g/mol. The SMILES string of the molecule is COc1ccc(C)cc1NCc1cc(Cl)ccc1Cl. The molecule has 100 valence electrons. The third kappa shape index (κ3) is 3.55. The molecule has 0 saturated heterocycles. The van der Waals surface area contributed by atoms with Gasteiger partial charge in [-0.3, -0.25) is 0 Å². The molecule has 2 rings (SSSR count). The van der Waals surface area contributed by atoms with Gasteiger partial charge in [0.15, 0.2) is 0 Å². The molecule has 0 aliphatic rings. The number of rotatable bonds is 4. The molecule has 1 N–H and O–H groups in total. The highest BCUT2D eigenvalue weighted by molar-refractivity contribution is 6.33. The van der Waals surface area contributed by atoms with Crippen LogP contribution in [0, 0.1) is 6.92 Å². The molecular formula is C15H15Cl2NO. The third-order valence-electron chi connectivity index (χ3n) is 2.83. The smallest absolute Gasteiger partial charge is 0.141 e. The minimum atomic E-state index is 0.596. The number of anilines is 1. The summed E-state index contributed by atoms with van der Waals surface area (Å²) >= 11 is 12.1. The van der Waals surface area contributed by atoms with Crippen LogP contribution in [0.1, 0.15) is 11.1 Å². The van der Waals surface area contributed by atoms with Crippen molar-refractivity contribution in [2.45, 2.75) is 13.5 Å². The van der Waals surface area contributed by atoms with Crippen LogP contribution < -0.4 is 10.1 Å². The molecule has 0 amide bonds. The van der Waals surface area contributed by atoms with Gasteiger partial charge in [-0.1, -0.05) is 29.3 Å². The summed E-state index contributed by atoms with van der Waals surface area (Å²) in [7, 11) is 1.65. The molecule has 0 spiro atoms. The molecule has 0 bridgehead atoms. The minimum absolute atomic E-state index is 0.596. The topological polar surface area (TPSA) is 21.3 Å². The van der Waals surface area contributed by atoms with Gasteiger partial charge in [-0.25, -0.2) is 0 Å². The van der Waals surface area contributed by atoms with Gasteiger partial charge in [-0.15, -0.1) is 0 Å². The number of halogens is 2. The Bertz CT molecular complexity index is 584. The number of hydrogen-bond donors (Lipinski definition) is 1. The van der Waals surface area contributed by atoms with Gasteiger partial charge in [0.2, 0.25) is 0 Å². The standard InChI is InChI=1S/C15H15Cl2NO/c1-10-3-6-15(19-2)14(7-10)18-9-11-8-12(16)4-5-13(11)17/h3-8,18H,9H2,1-2H3. The second-order valence-electron chi connectivity index (χ2n) is 4.29. The molecule has 0 aliphatic heterocycles. The van der Waals surface area contributed by atoms with Gasteiger partial charge in [0.1, 0.15) is 5.75 Å². The maximum absolute atomic E-state index is 6.14. The van der Waals surface area contributed by atoms with Crippen LogP contribution in [0.15, 0.2) is 36.4 Å². The summed E-state index contributed by atoms with van der Waals surface area (Å²) in [4.78, 5) is 0. The van der Waals surface area contributed by atoms with E-state index in [-0.39, 0.29) is 0 Å². The Labute approximate surface area is 123 Å². The van der Waals surface area contributed by atoms with E-state index in [0.717, 1.165) is 17.0 Å². The zero-order valence-corrected chi connectivity index (χ0v) is 12.3. The summed E-state index contributed by atoms with van der Waals surface area (Å²) < 4.78 is 5.32. The summed E-state index contributed by atoms with van der Waals surface area (Å²) in [5, 5.41) is 4.70. The lowest BCUT2D eigenvalue weighted by molar-refractivity contribution is 0.416. The van der Waals surface area contributed by atoms with Crippen LogP contribution in [-0.2, 0) is 6.54 Å². The Hall–Kier alpha value is -1.38. The number of ether oxygens (including phenoxy) is 1. The molecule has 0 aliphatic carbocycles. The molecular weight excluding hydrogens is 281 g/mol. The molecule has 4 heteroatoms. The van der Waals surface area contributed by atoms with Crippen LogP contribution in [0.2, 0.25) is 10.0 Å². The fraction of sp³-hybridized carbons (Fsp3) is 0.200. The lowest BCUT2D eigenvalue weighted by Gasteiger charge is -2.13. The summed E-state index contributed by atoms with van der Waals surface area (Å²) in [5.41, 5.74) is 3.07. The fourth-order valence-electron chi connectivity index (χ4n) is 1.83. The van der Waals surface area contributed by atoms with E-state index in [1.54, 1.807) is 19.2 Å². The second kappa shape index (κ2) is 6.18. The van der Waals surface area contributed by atoms with Crippen molar-refractivity contribution >= 4 is 28.9 Å². The Morgan fingerprint density at radius 1 is 1.11 bits per heavy atom. The lowest BCUT2D eigenvalue weighted by atomic mass is 10.2. The van der Waals surface area contributed by atoms with E-state index < -0.39 is 0 Å². The highest BCUT2D eigenvalue weighted by Crippen LogP contribution is 2.27. The number of hydrogen-bond acceptors (Lipinski definition) is 2. The van der Waals surface area contributed by atoms with Gasteiger partial charge < -0.3 is 10.1 Å². The first-order valence-corrected chi connectivity index (χ1v) is 6.68. The number of aryl methyl sites for hydroxylation is 1. The Morgan fingerprint density at radius 3 is 2.63 bits per heavy atom. The zero-order chi connectivity index (χ0) is 13.8. The van der Waals surface area contributed by atoms with Crippen LogP contribution >= 0.6 is 23.2 Å². The molecule has 0 atom stereocenters. The monoisotopic (exact) mass is 295 g/mol. The van der Waals surface area contributed by atoms with Gasteiger partial charge in [0, 0.05) is 16.6 Å². The van der Waals surface area contributed by atoms with Crippen molar-refractivity contribution in [1.29, 1.82) is 0 Å². The largest absolute Gasteiger partial charge is 0.495 e. The quantitative estimate of drug-likeness (QED) is 0.864. The molecule has 0 unspecified atom stereocenters. The summed E-state index contributed by atoms with van der Waals surface area (Å²) in [6, 6.07) is 11.4. The van der Waals surface area contributed by atoms with Crippen LogP contribution in [0.3, 0.4) is 0 Å². The molecule has 2 aromatic carbocycles. The summed E-state index contributed by atoms with van der Waals surface area (Å²) in [6.45, 7) is 2.64. The van der Waals surface area contributed by atoms with Gasteiger partial charge >= 0.3 is 0 Å². The van der Waals surface area contributed by atoms with Crippen molar-refractivity contribution in [2.24, 2.45) is 0 Å². The van der Waals surface area contributed by atoms with Crippen molar-refractivity contribution in [3.8, 4) is 5.75 Å². The molecule has 0 aromatic heterocycles. The zero-order valence-electron chi connectivity index (χ0n) is 10.8. The van der Waals surface area contributed by atoms with Gasteiger partial charge in [-0.2, -0.15) is 0 Å². The van der Waals surface area contributed by atoms with Crippen LogP contribution in [0.4, 0.5) is 5.69 Å². The highest BCUT2D eigenvalue weighted by atomic mass is 35.5. The van der Waals surface area contributed by atoms with Gasteiger partial charge in [-0.05, 0) is 48.4 Å². The highest BCUT2D eigenvalue weighted by Gasteiger charge is 2.05. The number of benzene rings is 2. The van der Waals surface area contributed by atoms with Crippen LogP contribution in [0.25, 0.3) is 0 Å². The lowest BCUT2D eigenvalue weighted by Crippen LogP contribution is -2.02. The van der Waals surface area contributed by atoms with Crippen LogP contribution in [0.5, 0.6) is 5.75 Å². The van der Waals surface area contributed by atoms with Crippen molar-refractivity contribution in [3.05, 3.63) is 57.6 Å². The van der Waals surface area contributed by atoms with E-state index >= 15 is 0 Å². The molecule has 2 aromatic rings. The maximum atomic E-state index is 6.14. The van der Waals surface area contributed by atoms with Crippen molar-refractivity contribution < 1.29 is 4.74 Å². The van der Waals surface area contributed by atoms with Crippen LogP contribution in [-0.4, -0.2) is 7.11 Å². The van der Waals surface area contributed by atoms with E-state index in [9.17, 15) is 0 Å². The predicted molar refractivity (Wildman–Crippen MR) is 81.5 cm³/mol. The first-order valence-electron chi connectivity index (χ1n) is 5.92. The Kier molecular flexibility index (Phi) is 4.56. The van der Waals surface area contributed by atoms with Crippen molar-refractivity contribution in [2.75, 3.05) is 12.4 Å². The number of nitrogens with one attached hydrogen (secondary N) is 1. The van der Waals surface area contributed by atoms with Crippen molar-refractivity contribution in [3.63, 3.8) is 0 Å². The van der Waals surface area contributed by atoms with E-state index in [0.29, 0.717) is 16.6 Å². The van der Waals surface area contributed by atoms with E-state index in [1.165, 1.54) is 5.56 Å². The fourth-order valence-corrected chi connectivity index (χ4v) is 2.21. The second-order valence-corrected chi connectivity index (χ2v) is 5.14. The predicted octanol–water partition coefficient (Wildman–Crippen LogP) is 4.92. The van der Waals surface area contributed by atoms with Gasteiger partial charge in [0.05, 0.1) is 12.8 Å². The van der Waals surface area contributed by atoms with E-state index in [4.69, 9.17) is 27.9 Å². The molecule has 0 radical (unpaired) electrons. The normalized spacial score (nSPS) is 10.3. The first-order chi connectivity index (χ1) is 9.10. The number of methoxy groups -OCH3 is 1. The van der Waals surface area contributed by atoms with Gasteiger partial charge in [0.25, 0.3) is 0 Å². The van der Waals surface area contributed by atoms with Crippen molar-refractivity contribution in [1.82, 2.24) is 0 Å². The Balaban J connectivity index is 2.18. The molecule has 19 heavy (non-hydrogen) atoms. The molecule has 0 fully saturated rings. The maximum Gasteiger partial charge on any atom is 0.141 e. The summed E-state index contributed by atoms with van der Waals surface area (Å²) in [5.74, 6) is 0.809.